The van der Waals surface area contributed by atoms with Crippen LogP contribution in [-0.2, 0) is 12.0 Å². The monoisotopic (exact) mass is 482 g/mol. The summed E-state index contributed by atoms with van der Waals surface area (Å²) in [5.74, 6) is -0.154. The molecule has 1 unspecified atom stereocenters. The van der Waals surface area contributed by atoms with Gasteiger partial charge in [0.2, 0.25) is 0 Å². The third-order valence-electron chi connectivity index (χ3n) is 6.31. The molecule has 0 bridgehead atoms. The molecule has 0 aliphatic rings. The predicted molar refractivity (Wildman–Crippen MR) is 128 cm³/mol. The summed E-state index contributed by atoms with van der Waals surface area (Å²) in [4.78, 5) is 16.0. The van der Waals surface area contributed by atoms with Crippen molar-refractivity contribution in [1.82, 2.24) is 9.55 Å². The second-order valence-corrected chi connectivity index (χ2v) is 9.39. The van der Waals surface area contributed by atoms with E-state index in [9.17, 15) is 28.2 Å². The van der Waals surface area contributed by atoms with Gasteiger partial charge in [0.15, 0.2) is 11.0 Å². The van der Waals surface area contributed by atoms with E-state index in [-0.39, 0.29) is 27.6 Å². The van der Waals surface area contributed by atoms with Crippen LogP contribution in [-0.4, -0.2) is 31.5 Å². The molecular weight excluding hydrogens is 457 g/mol. The topological polar surface area (TPSA) is 75.4 Å². The van der Waals surface area contributed by atoms with E-state index < -0.39 is 30.2 Å². The summed E-state index contributed by atoms with van der Waals surface area (Å²) in [7, 11) is 0. The number of phenolic OH excluding ortho intramolecular Hbond substituents is 1. The van der Waals surface area contributed by atoms with E-state index in [0.717, 1.165) is 17.2 Å². The van der Waals surface area contributed by atoms with Crippen LogP contribution >= 0.6 is 0 Å². The van der Waals surface area contributed by atoms with Crippen LogP contribution in [0.25, 0.3) is 22.0 Å². The number of benzene rings is 2. The van der Waals surface area contributed by atoms with E-state index in [1.807, 2.05) is 30.3 Å². The van der Waals surface area contributed by atoms with Gasteiger partial charge in [-0.1, -0.05) is 50.2 Å². The number of aliphatic hydroxyl groups is 1. The number of phenols is 1. The van der Waals surface area contributed by atoms with Crippen LogP contribution in [0.3, 0.4) is 0 Å². The van der Waals surface area contributed by atoms with E-state index in [1.165, 1.54) is 35.3 Å². The van der Waals surface area contributed by atoms with E-state index >= 15 is 0 Å². The third kappa shape index (κ3) is 4.79. The van der Waals surface area contributed by atoms with Gasteiger partial charge in [0.25, 0.3) is 0 Å². The summed E-state index contributed by atoms with van der Waals surface area (Å²) >= 11 is 0. The number of fused-ring (bicyclic) bond motifs is 1. The van der Waals surface area contributed by atoms with Crippen molar-refractivity contribution in [2.45, 2.75) is 44.0 Å². The normalized spacial score (nSPS) is 14.1. The highest BCUT2D eigenvalue weighted by molar-refractivity contribution is 5.77. The van der Waals surface area contributed by atoms with Crippen LogP contribution < -0.4 is 5.43 Å². The Morgan fingerprint density at radius 1 is 0.971 bits per heavy atom. The summed E-state index contributed by atoms with van der Waals surface area (Å²) < 4.78 is 44.3. The molecule has 0 amide bonds. The zero-order valence-electron chi connectivity index (χ0n) is 19.3. The molecule has 182 valence electrons. The van der Waals surface area contributed by atoms with Gasteiger partial charge in [-0.3, -0.25) is 9.78 Å². The van der Waals surface area contributed by atoms with Gasteiger partial charge in [0, 0.05) is 30.2 Å². The maximum atomic E-state index is 14.4. The molecule has 0 saturated heterocycles. The number of alkyl halides is 3. The van der Waals surface area contributed by atoms with Gasteiger partial charge in [-0.15, -0.1) is 0 Å². The highest BCUT2D eigenvalue weighted by Crippen LogP contribution is 2.45. The molecular formula is C27H25F3N2O3. The summed E-state index contributed by atoms with van der Waals surface area (Å²) in [5, 5.41) is 21.8. The van der Waals surface area contributed by atoms with Gasteiger partial charge in [-0.05, 0) is 41.2 Å². The molecule has 2 N–H and O–H groups in total. The van der Waals surface area contributed by atoms with Gasteiger partial charge < -0.3 is 14.8 Å². The van der Waals surface area contributed by atoms with Crippen molar-refractivity contribution >= 4 is 10.9 Å². The zero-order valence-corrected chi connectivity index (χ0v) is 19.3. The second-order valence-electron chi connectivity index (χ2n) is 9.39. The average molecular weight is 483 g/mol. The Bertz CT molecular complexity index is 1410. The van der Waals surface area contributed by atoms with Crippen LogP contribution in [0.15, 0.2) is 84.0 Å². The van der Waals surface area contributed by atoms with Crippen molar-refractivity contribution < 1.29 is 23.4 Å². The molecule has 2 heterocycles. The Kier molecular flexibility index (Phi) is 6.19. The third-order valence-corrected chi connectivity index (χ3v) is 6.31. The molecule has 2 aromatic heterocycles. The zero-order chi connectivity index (χ0) is 25.4. The first kappa shape index (κ1) is 24.5. The van der Waals surface area contributed by atoms with Gasteiger partial charge in [0.1, 0.15) is 5.75 Å². The molecule has 0 aliphatic heterocycles. The molecule has 4 aromatic rings. The van der Waals surface area contributed by atoms with Gasteiger partial charge in [0.05, 0.1) is 17.4 Å². The fourth-order valence-electron chi connectivity index (χ4n) is 4.54. The van der Waals surface area contributed by atoms with E-state index in [2.05, 4.69) is 4.98 Å². The standard InChI is InChI=1S/C27H25F3N2O3/c1-25(2,21-14-19(8-9-24(21)34)18-6-4-3-5-7-18)16-26(35,27(28,29)30)17-32-13-11-23(33)20-15-31-12-10-22(20)32/h3-15,34-35H,16-17H2,1-2H3. The molecule has 0 radical (unpaired) electrons. The smallest absolute Gasteiger partial charge is 0.418 e. The summed E-state index contributed by atoms with van der Waals surface area (Å²) in [6.45, 7) is 2.28. The molecule has 8 heteroatoms. The second kappa shape index (κ2) is 8.85. The minimum absolute atomic E-state index is 0.154. The number of hydrogen-bond donors (Lipinski definition) is 2. The highest BCUT2D eigenvalue weighted by Gasteiger charge is 2.56. The maximum Gasteiger partial charge on any atom is 0.418 e. The molecule has 0 saturated carbocycles. The predicted octanol–water partition coefficient (Wildman–Crippen LogP) is 5.43. The number of nitrogens with zero attached hydrogens (tertiary/aromatic N) is 2. The molecule has 0 spiro atoms. The van der Waals surface area contributed by atoms with Crippen molar-refractivity contribution in [2.75, 3.05) is 0 Å². The van der Waals surface area contributed by atoms with Crippen LogP contribution in [0.2, 0.25) is 0 Å². The van der Waals surface area contributed by atoms with Crippen molar-refractivity contribution in [3.05, 3.63) is 95.0 Å². The van der Waals surface area contributed by atoms with Gasteiger partial charge in [-0.2, -0.15) is 13.2 Å². The Morgan fingerprint density at radius 2 is 1.69 bits per heavy atom. The Balaban J connectivity index is 1.76. The molecule has 5 nitrogen and oxygen atoms in total. The molecule has 0 fully saturated rings. The highest BCUT2D eigenvalue weighted by atomic mass is 19.4. The Labute approximate surface area is 200 Å². The van der Waals surface area contributed by atoms with Crippen molar-refractivity contribution in [3.63, 3.8) is 0 Å². The summed E-state index contributed by atoms with van der Waals surface area (Å²) in [6.07, 6.45) is -1.81. The maximum absolute atomic E-state index is 14.4. The lowest BCUT2D eigenvalue weighted by Crippen LogP contribution is -2.52. The minimum atomic E-state index is -4.99. The largest absolute Gasteiger partial charge is 0.508 e. The van der Waals surface area contributed by atoms with Gasteiger partial charge >= 0.3 is 6.18 Å². The van der Waals surface area contributed by atoms with Crippen LogP contribution in [0, 0.1) is 0 Å². The number of aromatic hydroxyl groups is 1. The molecule has 2 aromatic carbocycles. The van der Waals surface area contributed by atoms with Crippen LogP contribution in [0.4, 0.5) is 13.2 Å². The Morgan fingerprint density at radius 3 is 2.37 bits per heavy atom. The van der Waals surface area contributed by atoms with Crippen molar-refractivity contribution in [2.24, 2.45) is 0 Å². The lowest BCUT2D eigenvalue weighted by molar-refractivity contribution is -0.271. The van der Waals surface area contributed by atoms with E-state index in [4.69, 9.17) is 0 Å². The van der Waals surface area contributed by atoms with E-state index in [0.29, 0.717) is 0 Å². The first-order chi connectivity index (χ1) is 16.4. The molecule has 1 atom stereocenters. The number of halogens is 3. The fraction of sp³-hybridized carbons (Fsp3) is 0.259. The van der Waals surface area contributed by atoms with Crippen LogP contribution in [0.5, 0.6) is 5.75 Å². The molecule has 0 aliphatic carbocycles. The average Bonchev–Trinajstić information content (AvgIpc) is 2.81. The van der Waals surface area contributed by atoms with E-state index in [1.54, 1.807) is 26.0 Å². The fourth-order valence-corrected chi connectivity index (χ4v) is 4.54. The Hall–Kier alpha value is -3.65. The molecule has 4 rings (SSSR count). The van der Waals surface area contributed by atoms with Crippen molar-refractivity contribution in [1.29, 1.82) is 0 Å². The van der Waals surface area contributed by atoms with Gasteiger partial charge in [-0.25, -0.2) is 0 Å². The molecule has 35 heavy (non-hydrogen) atoms. The van der Waals surface area contributed by atoms with Crippen molar-refractivity contribution in [3.8, 4) is 16.9 Å². The SMILES string of the molecule is CC(C)(CC(O)(Cn1ccc(=O)c2cnccc21)C(F)(F)F)c1cc(-c2ccccc2)ccc1O. The minimum Gasteiger partial charge on any atom is -0.508 e. The number of pyridine rings is 2. The lowest BCUT2D eigenvalue weighted by atomic mass is 9.73. The number of aromatic nitrogens is 2. The summed E-state index contributed by atoms with van der Waals surface area (Å²) in [6, 6.07) is 16.7. The first-order valence-electron chi connectivity index (χ1n) is 11.0. The first-order valence-corrected chi connectivity index (χ1v) is 11.0. The summed E-state index contributed by atoms with van der Waals surface area (Å²) in [5.41, 5.74) is -2.68. The van der Waals surface area contributed by atoms with Crippen LogP contribution in [0.1, 0.15) is 25.8 Å². The quantitative estimate of drug-likeness (QED) is 0.384. The lowest BCUT2D eigenvalue weighted by Gasteiger charge is -2.39. The number of rotatable bonds is 6. The number of hydrogen-bond acceptors (Lipinski definition) is 4.